The van der Waals surface area contributed by atoms with E-state index in [0.717, 1.165) is 66.2 Å². The molecule has 0 aliphatic carbocycles. The average molecular weight is 563 g/mol. The zero-order valence-corrected chi connectivity index (χ0v) is 21.8. The lowest BCUT2D eigenvalue weighted by molar-refractivity contribution is 0.628. The van der Waals surface area contributed by atoms with Crippen LogP contribution in [0.2, 0.25) is 0 Å². The number of rotatable bonds is 4. The highest BCUT2D eigenvalue weighted by Gasteiger charge is 2.17. The van der Waals surface area contributed by atoms with Gasteiger partial charge in [0.25, 0.3) is 0 Å². The summed E-state index contributed by atoms with van der Waals surface area (Å²) in [5.41, 5.74) is 7.99. The Kier molecular flexibility index (Phi) is 5.23. The fourth-order valence-electron chi connectivity index (χ4n) is 4.67. The zero-order valence-electron chi connectivity index (χ0n) is 20.2. The van der Waals surface area contributed by atoms with E-state index < -0.39 is 0 Å². The van der Waals surface area contributed by atoms with Gasteiger partial charge >= 0.3 is 0 Å². The number of pyridine rings is 2. The van der Waals surface area contributed by atoms with E-state index in [1.54, 1.807) is 12.1 Å². The van der Waals surface area contributed by atoms with E-state index in [1.165, 1.54) is 17.7 Å². The molecule has 4 heterocycles. The predicted molar refractivity (Wildman–Crippen MR) is 153 cm³/mol. The molecular weight excluding hydrogens is 543 g/mol. The van der Waals surface area contributed by atoms with Gasteiger partial charge in [-0.25, -0.2) is 14.4 Å². The van der Waals surface area contributed by atoms with E-state index in [9.17, 15) is 4.39 Å². The van der Waals surface area contributed by atoms with Crippen molar-refractivity contribution >= 4 is 55.0 Å². The normalized spacial score (nSPS) is 11.6. The van der Waals surface area contributed by atoms with Crippen LogP contribution in [0.3, 0.4) is 0 Å². The minimum Gasteiger partial charge on any atom is -0.339 e. The maximum absolute atomic E-state index is 13.6. The minimum atomic E-state index is -0.291. The first-order valence-electron chi connectivity index (χ1n) is 12.1. The van der Waals surface area contributed by atoms with Crippen molar-refractivity contribution in [2.45, 2.75) is 6.92 Å². The van der Waals surface area contributed by atoms with Gasteiger partial charge in [0.05, 0.1) is 16.6 Å². The average Bonchev–Trinajstić information content (AvgIpc) is 3.50. The van der Waals surface area contributed by atoms with Gasteiger partial charge in [0.15, 0.2) is 0 Å². The van der Waals surface area contributed by atoms with Crippen molar-refractivity contribution in [1.29, 1.82) is 0 Å². The van der Waals surface area contributed by atoms with Gasteiger partial charge in [0.2, 0.25) is 0 Å². The van der Waals surface area contributed by atoms with Gasteiger partial charge in [-0.2, -0.15) is 0 Å². The molecule has 7 aromatic rings. The molecule has 4 aromatic heterocycles. The summed E-state index contributed by atoms with van der Waals surface area (Å²) in [6, 6.07) is 24.5. The summed E-state index contributed by atoms with van der Waals surface area (Å²) >= 11 is 3.55. The van der Waals surface area contributed by atoms with Crippen LogP contribution in [-0.4, -0.2) is 24.3 Å². The van der Waals surface area contributed by atoms with Crippen molar-refractivity contribution in [2.24, 2.45) is 0 Å². The van der Waals surface area contributed by atoms with E-state index in [4.69, 9.17) is 9.97 Å². The molecule has 0 atom stereocenters. The van der Waals surface area contributed by atoms with Gasteiger partial charge < -0.3 is 10.3 Å². The fourth-order valence-corrected chi connectivity index (χ4v) is 5.05. The quantitative estimate of drug-likeness (QED) is 0.227. The van der Waals surface area contributed by atoms with Gasteiger partial charge in [-0.05, 0) is 85.3 Å². The number of hydrogen-bond donors (Lipinski definition) is 2. The number of nitrogens with zero attached hydrogens (tertiary/aromatic N) is 4. The van der Waals surface area contributed by atoms with Crippen LogP contribution in [0.25, 0.3) is 50.2 Å². The van der Waals surface area contributed by atoms with Crippen LogP contribution >= 0.6 is 15.9 Å². The number of aryl methyl sites for hydroxylation is 1. The second-order valence-electron chi connectivity index (χ2n) is 9.25. The molecule has 0 aliphatic heterocycles. The number of imidazole rings is 2. The Morgan fingerprint density at radius 3 is 2.58 bits per heavy atom. The number of halogens is 2. The van der Waals surface area contributed by atoms with Crippen LogP contribution in [0, 0.1) is 12.7 Å². The van der Waals surface area contributed by atoms with Crippen molar-refractivity contribution in [3.63, 3.8) is 0 Å². The molecule has 3 aromatic carbocycles. The highest BCUT2D eigenvalue weighted by atomic mass is 79.9. The number of fused-ring (bicyclic) bond motifs is 3. The molecule has 8 heteroatoms. The highest BCUT2D eigenvalue weighted by molar-refractivity contribution is 9.10. The topological polar surface area (TPSA) is 70.9 Å². The van der Waals surface area contributed by atoms with Crippen molar-refractivity contribution in [1.82, 2.24) is 24.3 Å². The maximum atomic E-state index is 13.6. The largest absolute Gasteiger partial charge is 0.339 e. The molecule has 7 rings (SSSR count). The lowest BCUT2D eigenvalue weighted by Gasteiger charge is -2.10. The van der Waals surface area contributed by atoms with Crippen molar-refractivity contribution in [2.75, 3.05) is 5.32 Å². The van der Waals surface area contributed by atoms with Crippen molar-refractivity contribution in [3.8, 4) is 22.6 Å². The number of benzene rings is 3. The Bertz CT molecular complexity index is 1990. The van der Waals surface area contributed by atoms with Crippen LogP contribution in [0.15, 0.2) is 95.7 Å². The summed E-state index contributed by atoms with van der Waals surface area (Å²) in [4.78, 5) is 17.9. The molecule has 0 amide bonds. The lowest BCUT2D eigenvalue weighted by atomic mass is 10.1. The summed E-state index contributed by atoms with van der Waals surface area (Å²) in [7, 11) is 0. The smallest absolute Gasteiger partial charge is 0.143 e. The van der Waals surface area contributed by atoms with Gasteiger partial charge in [-0.3, -0.25) is 9.38 Å². The third-order valence-electron chi connectivity index (χ3n) is 6.55. The lowest BCUT2D eigenvalue weighted by Crippen LogP contribution is -1.98. The number of hydrogen-bond acceptors (Lipinski definition) is 4. The van der Waals surface area contributed by atoms with E-state index >= 15 is 0 Å². The molecule has 0 radical (unpaired) electrons. The van der Waals surface area contributed by atoms with E-state index in [1.807, 2.05) is 53.2 Å². The highest BCUT2D eigenvalue weighted by Crippen LogP contribution is 2.34. The molecule has 0 spiro atoms. The first-order chi connectivity index (χ1) is 18.5. The van der Waals surface area contributed by atoms with Gasteiger partial charge in [-0.15, -0.1) is 0 Å². The van der Waals surface area contributed by atoms with E-state index in [0.29, 0.717) is 0 Å². The van der Waals surface area contributed by atoms with Crippen LogP contribution in [0.1, 0.15) is 5.56 Å². The third kappa shape index (κ3) is 3.99. The Balaban J connectivity index is 1.41. The molecular formula is C30H20BrFN6. The van der Waals surface area contributed by atoms with Crippen LogP contribution < -0.4 is 5.32 Å². The number of anilines is 2. The van der Waals surface area contributed by atoms with E-state index in [2.05, 4.69) is 56.3 Å². The fraction of sp³-hybridized carbons (Fsp3) is 0.0333. The third-order valence-corrected chi connectivity index (χ3v) is 7.05. The number of H-pyrrole nitrogens is 1. The second-order valence-corrected chi connectivity index (χ2v) is 10.2. The Morgan fingerprint density at radius 2 is 1.71 bits per heavy atom. The summed E-state index contributed by atoms with van der Waals surface area (Å²) in [5, 5.41) is 4.46. The predicted octanol–water partition coefficient (Wildman–Crippen LogP) is 8.05. The van der Waals surface area contributed by atoms with E-state index in [-0.39, 0.29) is 5.82 Å². The number of aromatic nitrogens is 5. The molecule has 0 saturated heterocycles. The monoisotopic (exact) mass is 562 g/mol. The molecule has 6 nitrogen and oxygen atoms in total. The Hall–Kier alpha value is -4.56. The van der Waals surface area contributed by atoms with Gasteiger partial charge in [0, 0.05) is 39.1 Å². The second kappa shape index (κ2) is 8.78. The molecule has 0 aliphatic rings. The molecule has 2 N–H and O–H groups in total. The van der Waals surface area contributed by atoms with Gasteiger partial charge in [0.1, 0.15) is 28.8 Å². The Labute approximate surface area is 225 Å². The van der Waals surface area contributed by atoms with Crippen molar-refractivity contribution in [3.05, 3.63) is 107 Å². The summed E-state index contributed by atoms with van der Waals surface area (Å²) < 4.78 is 16.6. The SMILES string of the molecule is Cc1ccc2nc(-c3ccc4nc(-c5cnc6ccc(Br)cc6c5)c(Nc5ccc(F)cc5)n4c3)[nH]c2c1. The first kappa shape index (κ1) is 22.6. The molecule has 0 saturated carbocycles. The molecule has 0 bridgehead atoms. The molecule has 184 valence electrons. The first-order valence-corrected chi connectivity index (χ1v) is 12.9. The molecule has 0 fully saturated rings. The van der Waals surface area contributed by atoms with Gasteiger partial charge in [-0.1, -0.05) is 22.0 Å². The Morgan fingerprint density at radius 1 is 0.868 bits per heavy atom. The standard InChI is InChI=1S/C30H20BrFN6/c1-17-2-9-25-26(12-17)36-29(35-25)18-3-11-27-37-28(20-13-19-14-21(31)4-10-24(19)33-15-20)30(38(27)16-18)34-23-7-5-22(32)6-8-23/h2-16,34H,1H3,(H,35,36). The minimum absolute atomic E-state index is 0.291. The maximum Gasteiger partial charge on any atom is 0.143 e. The van der Waals surface area contributed by atoms with Crippen molar-refractivity contribution < 1.29 is 4.39 Å². The number of nitrogens with one attached hydrogen (secondary N) is 2. The summed E-state index contributed by atoms with van der Waals surface area (Å²) in [6.07, 6.45) is 3.84. The number of aromatic amines is 1. The van der Waals surface area contributed by atoms with Crippen LogP contribution in [-0.2, 0) is 0 Å². The molecule has 0 unspecified atom stereocenters. The van der Waals surface area contributed by atoms with Crippen LogP contribution in [0.5, 0.6) is 0 Å². The zero-order chi connectivity index (χ0) is 25.8. The van der Waals surface area contributed by atoms with Crippen LogP contribution in [0.4, 0.5) is 15.9 Å². The summed E-state index contributed by atoms with van der Waals surface area (Å²) in [5.74, 6) is 1.23. The molecule has 38 heavy (non-hydrogen) atoms. The summed E-state index contributed by atoms with van der Waals surface area (Å²) in [6.45, 7) is 2.06.